The van der Waals surface area contributed by atoms with E-state index in [0.29, 0.717) is 12.6 Å². The molecular weight excluding hydrogens is 408 g/mol. The van der Waals surface area contributed by atoms with Crippen LogP contribution in [0.1, 0.15) is 57.1 Å². The van der Waals surface area contributed by atoms with E-state index in [0.717, 1.165) is 49.7 Å². The van der Waals surface area contributed by atoms with Crippen LogP contribution in [0, 0.1) is 0 Å². The molecule has 4 aromatic rings. The summed E-state index contributed by atoms with van der Waals surface area (Å²) in [5.41, 5.74) is 4.04. The van der Waals surface area contributed by atoms with Crippen molar-refractivity contribution in [2.24, 2.45) is 0 Å². The molecule has 6 rings (SSSR count). The summed E-state index contributed by atoms with van der Waals surface area (Å²) in [7, 11) is 0. The van der Waals surface area contributed by atoms with Crippen LogP contribution in [-0.2, 0) is 17.8 Å². The van der Waals surface area contributed by atoms with Crippen molar-refractivity contribution in [1.82, 2.24) is 15.0 Å². The zero-order chi connectivity index (χ0) is 21.0. The van der Waals surface area contributed by atoms with Crippen molar-refractivity contribution in [2.45, 2.75) is 70.6 Å². The molecule has 0 unspecified atom stereocenters. The smallest absolute Gasteiger partial charge is 0.152 e. The standard InChI is InChI=1S/C24H26N4O2S/c1-24(2)11-15-16(12-30-24)19(17-9-6-10-29-17)28-23-18(15)20-21(31-23)22(26-13-25-20)27-14-7-4-3-5-8-14/h6,9-10,13-14H,3-5,7-8,11-12H2,1-2H3,(H,25,26,27). The van der Waals surface area contributed by atoms with Crippen LogP contribution in [0.15, 0.2) is 29.1 Å². The predicted octanol–water partition coefficient (Wildman–Crippen LogP) is 6.10. The number of nitrogens with one attached hydrogen (secondary N) is 1. The molecule has 6 nitrogen and oxygen atoms in total. The summed E-state index contributed by atoms with van der Waals surface area (Å²) in [6, 6.07) is 4.37. The number of fused-ring (bicyclic) bond motifs is 5. The molecule has 31 heavy (non-hydrogen) atoms. The Hall–Kier alpha value is -2.51. The van der Waals surface area contributed by atoms with E-state index in [-0.39, 0.29) is 5.60 Å². The van der Waals surface area contributed by atoms with Gasteiger partial charge in [-0.2, -0.15) is 0 Å². The third-order valence-corrected chi connectivity index (χ3v) is 7.61. The maximum absolute atomic E-state index is 6.17. The second-order valence-electron chi connectivity index (χ2n) is 9.28. The Morgan fingerprint density at radius 3 is 2.81 bits per heavy atom. The number of ether oxygens (including phenoxy) is 1. The number of anilines is 1. The van der Waals surface area contributed by atoms with Crippen LogP contribution in [0.5, 0.6) is 0 Å². The lowest BCUT2D eigenvalue weighted by molar-refractivity contribution is -0.0395. The number of rotatable bonds is 3. The molecule has 0 spiro atoms. The first-order valence-electron chi connectivity index (χ1n) is 11.1. The number of furan rings is 1. The Labute approximate surface area is 185 Å². The number of thiophene rings is 1. The van der Waals surface area contributed by atoms with E-state index in [4.69, 9.17) is 19.1 Å². The van der Waals surface area contributed by atoms with Crippen molar-refractivity contribution >= 4 is 37.6 Å². The zero-order valence-electron chi connectivity index (χ0n) is 17.9. The lowest BCUT2D eigenvalue weighted by atomic mass is 9.89. The van der Waals surface area contributed by atoms with E-state index < -0.39 is 0 Å². The first-order valence-corrected chi connectivity index (χ1v) is 11.9. The molecule has 7 heteroatoms. The highest BCUT2D eigenvalue weighted by atomic mass is 32.1. The van der Waals surface area contributed by atoms with Gasteiger partial charge in [0.05, 0.1) is 28.7 Å². The van der Waals surface area contributed by atoms with Crippen molar-refractivity contribution in [1.29, 1.82) is 0 Å². The maximum Gasteiger partial charge on any atom is 0.152 e. The summed E-state index contributed by atoms with van der Waals surface area (Å²) in [6.45, 7) is 4.82. The first-order chi connectivity index (χ1) is 15.1. The van der Waals surface area contributed by atoms with Crippen LogP contribution in [0.3, 0.4) is 0 Å². The Morgan fingerprint density at radius 1 is 1.13 bits per heavy atom. The van der Waals surface area contributed by atoms with E-state index in [1.165, 1.54) is 37.7 Å². The average molecular weight is 435 g/mol. The summed E-state index contributed by atoms with van der Waals surface area (Å²) >= 11 is 1.68. The molecule has 5 heterocycles. The van der Waals surface area contributed by atoms with Gasteiger partial charge < -0.3 is 14.5 Å². The average Bonchev–Trinajstić information content (AvgIpc) is 3.42. The summed E-state index contributed by atoms with van der Waals surface area (Å²) in [4.78, 5) is 15.4. The fourth-order valence-electron chi connectivity index (χ4n) is 4.97. The summed E-state index contributed by atoms with van der Waals surface area (Å²) < 4.78 is 13.0. The van der Waals surface area contributed by atoms with Crippen molar-refractivity contribution in [3.05, 3.63) is 35.9 Å². The second kappa shape index (κ2) is 7.28. The van der Waals surface area contributed by atoms with Crippen LogP contribution >= 0.6 is 11.3 Å². The molecule has 2 aliphatic rings. The number of aromatic nitrogens is 3. The lowest BCUT2D eigenvalue weighted by Crippen LogP contribution is -2.32. The van der Waals surface area contributed by atoms with Crippen LogP contribution in [0.4, 0.5) is 5.82 Å². The van der Waals surface area contributed by atoms with E-state index in [1.54, 1.807) is 23.9 Å². The Bertz CT molecular complexity index is 1260. The molecule has 160 valence electrons. The van der Waals surface area contributed by atoms with Gasteiger partial charge in [-0.05, 0) is 44.4 Å². The summed E-state index contributed by atoms with van der Waals surface area (Å²) in [6.07, 6.45) is 10.5. The fourth-order valence-corrected chi connectivity index (χ4v) is 6.08. The molecule has 0 aromatic carbocycles. The molecule has 1 N–H and O–H groups in total. The Balaban J connectivity index is 1.57. The van der Waals surface area contributed by atoms with Gasteiger partial charge in [-0.3, -0.25) is 0 Å². The fraction of sp³-hybridized carbons (Fsp3) is 0.458. The first kappa shape index (κ1) is 19.2. The molecular formula is C24H26N4O2S. The normalized spacial score (nSPS) is 19.0. The minimum Gasteiger partial charge on any atom is -0.463 e. The van der Waals surface area contributed by atoms with Gasteiger partial charge in [-0.1, -0.05) is 19.3 Å². The number of pyridine rings is 1. The minimum atomic E-state index is -0.230. The van der Waals surface area contributed by atoms with E-state index in [1.807, 2.05) is 12.1 Å². The van der Waals surface area contributed by atoms with E-state index >= 15 is 0 Å². The van der Waals surface area contributed by atoms with Gasteiger partial charge in [-0.15, -0.1) is 11.3 Å². The molecule has 0 atom stereocenters. The van der Waals surface area contributed by atoms with Gasteiger partial charge in [0, 0.05) is 23.4 Å². The molecule has 1 saturated carbocycles. The predicted molar refractivity (Wildman–Crippen MR) is 123 cm³/mol. The quantitative estimate of drug-likeness (QED) is 0.420. The second-order valence-corrected chi connectivity index (χ2v) is 10.3. The SMILES string of the molecule is CC1(C)Cc2c(c(-c3ccco3)nc3sc4c(NC5CCCCC5)ncnc4c23)CO1. The van der Waals surface area contributed by atoms with E-state index in [2.05, 4.69) is 24.1 Å². The van der Waals surface area contributed by atoms with Crippen molar-refractivity contribution in [3.8, 4) is 11.5 Å². The van der Waals surface area contributed by atoms with Gasteiger partial charge >= 0.3 is 0 Å². The summed E-state index contributed by atoms with van der Waals surface area (Å²) in [5, 5.41) is 4.86. The number of nitrogens with zero attached hydrogens (tertiary/aromatic N) is 3. The van der Waals surface area contributed by atoms with Crippen LogP contribution < -0.4 is 5.32 Å². The van der Waals surface area contributed by atoms with Gasteiger partial charge in [0.2, 0.25) is 0 Å². The molecule has 1 aliphatic carbocycles. The lowest BCUT2D eigenvalue weighted by Gasteiger charge is -2.32. The summed E-state index contributed by atoms with van der Waals surface area (Å²) in [5.74, 6) is 1.73. The van der Waals surface area contributed by atoms with E-state index in [9.17, 15) is 0 Å². The van der Waals surface area contributed by atoms with Crippen molar-refractivity contribution in [2.75, 3.05) is 5.32 Å². The highest BCUT2D eigenvalue weighted by Crippen LogP contribution is 2.44. The molecule has 4 aromatic heterocycles. The Morgan fingerprint density at radius 2 is 2.00 bits per heavy atom. The zero-order valence-corrected chi connectivity index (χ0v) is 18.7. The highest BCUT2D eigenvalue weighted by Gasteiger charge is 2.32. The third kappa shape index (κ3) is 3.31. The highest BCUT2D eigenvalue weighted by molar-refractivity contribution is 7.26. The largest absolute Gasteiger partial charge is 0.463 e. The van der Waals surface area contributed by atoms with Gasteiger partial charge in [0.25, 0.3) is 0 Å². The molecule has 0 saturated heterocycles. The Kier molecular flexibility index (Phi) is 4.51. The van der Waals surface area contributed by atoms with Crippen molar-refractivity contribution in [3.63, 3.8) is 0 Å². The molecule has 1 aliphatic heterocycles. The van der Waals surface area contributed by atoms with Crippen LogP contribution in [0.2, 0.25) is 0 Å². The number of hydrogen-bond donors (Lipinski definition) is 1. The maximum atomic E-state index is 6.17. The van der Waals surface area contributed by atoms with Crippen molar-refractivity contribution < 1.29 is 9.15 Å². The molecule has 0 amide bonds. The minimum absolute atomic E-state index is 0.230. The van der Waals surface area contributed by atoms with Crippen LogP contribution in [-0.4, -0.2) is 26.6 Å². The topological polar surface area (TPSA) is 73.1 Å². The number of hydrogen-bond acceptors (Lipinski definition) is 7. The van der Waals surface area contributed by atoms with Crippen LogP contribution in [0.25, 0.3) is 31.9 Å². The van der Waals surface area contributed by atoms with Gasteiger partial charge in [0.1, 0.15) is 22.7 Å². The van der Waals surface area contributed by atoms with Gasteiger partial charge in [0.15, 0.2) is 5.76 Å². The molecule has 0 radical (unpaired) electrons. The molecule has 0 bridgehead atoms. The molecule has 1 fully saturated rings. The third-order valence-electron chi connectivity index (χ3n) is 6.53. The monoisotopic (exact) mass is 434 g/mol. The van der Waals surface area contributed by atoms with Gasteiger partial charge in [-0.25, -0.2) is 15.0 Å².